The molecule has 0 bridgehead atoms. The maximum absolute atomic E-state index is 10.2. The summed E-state index contributed by atoms with van der Waals surface area (Å²) in [5, 5.41) is 11.3. The smallest absolute Gasteiger partial charge is 0.0595 e. The maximum atomic E-state index is 10.2. The SMILES string of the molecule is CC(CC(O)Cc1ccc(Cl)c(Cl)c1)CC(C)(C)C. The van der Waals surface area contributed by atoms with Gasteiger partial charge in [0.05, 0.1) is 16.1 Å². The lowest BCUT2D eigenvalue weighted by Gasteiger charge is -2.25. The molecule has 0 amide bonds. The fraction of sp³-hybridized carbons (Fsp3) is 0.625. The molecule has 0 aliphatic heterocycles. The summed E-state index contributed by atoms with van der Waals surface area (Å²) < 4.78 is 0. The Kier molecular flexibility index (Phi) is 6.16. The van der Waals surface area contributed by atoms with Crippen LogP contribution in [0.15, 0.2) is 18.2 Å². The van der Waals surface area contributed by atoms with Gasteiger partial charge < -0.3 is 5.11 Å². The topological polar surface area (TPSA) is 20.2 Å². The van der Waals surface area contributed by atoms with E-state index in [-0.39, 0.29) is 6.10 Å². The predicted octanol–water partition coefficient (Wildman–Crippen LogP) is 5.36. The van der Waals surface area contributed by atoms with E-state index in [0.29, 0.717) is 27.8 Å². The summed E-state index contributed by atoms with van der Waals surface area (Å²) in [4.78, 5) is 0. The van der Waals surface area contributed by atoms with E-state index < -0.39 is 0 Å². The molecule has 0 heterocycles. The van der Waals surface area contributed by atoms with Crippen LogP contribution in [0, 0.1) is 11.3 Å². The van der Waals surface area contributed by atoms with E-state index in [9.17, 15) is 5.11 Å². The van der Waals surface area contributed by atoms with Crippen LogP contribution in [0.25, 0.3) is 0 Å². The lowest BCUT2D eigenvalue weighted by molar-refractivity contribution is 0.133. The molecule has 19 heavy (non-hydrogen) atoms. The maximum Gasteiger partial charge on any atom is 0.0595 e. The van der Waals surface area contributed by atoms with Crippen molar-refractivity contribution in [2.75, 3.05) is 0 Å². The van der Waals surface area contributed by atoms with Gasteiger partial charge >= 0.3 is 0 Å². The number of hydrogen-bond donors (Lipinski definition) is 1. The summed E-state index contributed by atoms with van der Waals surface area (Å²) in [6.45, 7) is 8.89. The lowest BCUT2D eigenvalue weighted by Crippen LogP contribution is -2.18. The van der Waals surface area contributed by atoms with Gasteiger partial charge in [-0.1, -0.05) is 57.0 Å². The van der Waals surface area contributed by atoms with Crippen molar-refractivity contribution >= 4 is 23.2 Å². The highest BCUT2D eigenvalue weighted by molar-refractivity contribution is 6.42. The Morgan fingerprint density at radius 3 is 2.32 bits per heavy atom. The van der Waals surface area contributed by atoms with E-state index in [2.05, 4.69) is 27.7 Å². The molecule has 3 heteroatoms. The normalized spacial score (nSPS) is 15.3. The van der Waals surface area contributed by atoms with Gasteiger partial charge in [0.1, 0.15) is 0 Å². The van der Waals surface area contributed by atoms with Crippen LogP contribution in [0.4, 0.5) is 0 Å². The Hall–Kier alpha value is -0.240. The Balaban J connectivity index is 2.50. The molecule has 2 atom stereocenters. The largest absolute Gasteiger partial charge is 0.393 e. The molecule has 0 radical (unpaired) electrons. The Morgan fingerprint density at radius 1 is 1.16 bits per heavy atom. The van der Waals surface area contributed by atoms with Gasteiger partial charge in [0, 0.05) is 0 Å². The van der Waals surface area contributed by atoms with E-state index in [4.69, 9.17) is 23.2 Å². The Morgan fingerprint density at radius 2 is 1.79 bits per heavy atom. The molecule has 0 aliphatic rings. The highest BCUT2D eigenvalue weighted by atomic mass is 35.5. The third kappa shape index (κ3) is 6.65. The number of rotatable bonds is 5. The number of aliphatic hydroxyl groups is 1. The van der Waals surface area contributed by atoms with E-state index in [1.807, 2.05) is 12.1 Å². The average molecular weight is 303 g/mol. The summed E-state index contributed by atoms with van der Waals surface area (Å²) >= 11 is 11.9. The van der Waals surface area contributed by atoms with Crippen LogP contribution < -0.4 is 0 Å². The first-order valence-electron chi connectivity index (χ1n) is 6.79. The van der Waals surface area contributed by atoms with E-state index in [1.54, 1.807) is 6.07 Å². The third-order valence-electron chi connectivity index (χ3n) is 3.09. The molecule has 108 valence electrons. The molecular weight excluding hydrogens is 279 g/mol. The van der Waals surface area contributed by atoms with Crippen LogP contribution in [0.3, 0.4) is 0 Å². The molecular formula is C16H24Cl2O. The monoisotopic (exact) mass is 302 g/mol. The highest BCUT2D eigenvalue weighted by Crippen LogP contribution is 2.28. The van der Waals surface area contributed by atoms with Gasteiger partial charge in [0.15, 0.2) is 0 Å². The minimum Gasteiger partial charge on any atom is -0.393 e. The first kappa shape index (κ1) is 16.8. The van der Waals surface area contributed by atoms with Crippen molar-refractivity contribution < 1.29 is 5.11 Å². The zero-order chi connectivity index (χ0) is 14.6. The molecule has 1 aromatic carbocycles. The Labute approximate surface area is 126 Å². The van der Waals surface area contributed by atoms with Crippen LogP contribution in [-0.2, 0) is 6.42 Å². The van der Waals surface area contributed by atoms with E-state index in [1.165, 1.54) is 0 Å². The van der Waals surface area contributed by atoms with E-state index >= 15 is 0 Å². The summed E-state index contributed by atoms with van der Waals surface area (Å²) in [7, 11) is 0. The van der Waals surface area contributed by atoms with Crippen molar-refractivity contribution in [1.82, 2.24) is 0 Å². The van der Waals surface area contributed by atoms with Crippen LogP contribution in [0.1, 0.15) is 46.1 Å². The fourth-order valence-corrected chi connectivity index (χ4v) is 2.94. The van der Waals surface area contributed by atoms with Gasteiger partial charge in [-0.3, -0.25) is 0 Å². The van der Waals surface area contributed by atoms with E-state index in [0.717, 1.165) is 18.4 Å². The predicted molar refractivity (Wildman–Crippen MR) is 84.0 cm³/mol. The second-order valence-electron chi connectivity index (χ2n) is 6.71. The van der Waals surface area contributed by atoms with Crippen LogP contribution in [0.5, 0.6) is 0 Å². The summed E-state index contributed by atoms with van der Waals surface area (Å²) in [6, 6.07) is 5.54. The van der Waals surface area contributed by atoms with Crippen molar-refractivity contribution in [1.29, 1.82) is 0 Å². The van der Waals surface area contributed by atoms with Crippen LogP contribution in [-0.4, -0.2) is 11.2 Å². The minimum atomic E-state index is -0.324. The summed E-state index contributed by atoms with van der Waals surface area (Å²) in [5.41, 5.74) is 1.34. The third-order valence-corrected chi connectivity index (χ3v) is 3.83. The number of halogens is 2. The second kappa shape index (κ2) is 6.97. The molecule has 1 nitrogen and oxygen atoms in total. The average Bonchev–Trinajstić information content (AvgIpc) is 2.20. The lowest BCUT2D eigenvalue weighted by atomic mass is 9.83. The Bertz CT molecular complexity index is 410. The standard InChI is InChI=1S/C16H24Cl2O/c1-11(10-16(2,3)4)7-13(19)8-12-5-6-14(17)15(18)9-12/h5-6,9,11,13,19H,7-8,10H2,1-4H3. The van der Waals surface area contributed by atoms with Crippen molar-refractivity contribution in [2.45, 2.75) is 53.1 Å². The summed E-state index contributed by atoms with van der Waals surface area (Å²) in [6.07, 6.45) is 2.24. The molecule has 1 N–H and O–H groups in total. The van der Waals surface area contributed by atoms with Gasteiger partial charge in [-0.2, -0.15) is 0 Å². The second-order valence-corrected chi connectivity index (χ2v) is 7.53. The molecule has 0 spiro atoms. The quantitative estimate of drug-likeness (QED) is 0.776. The first-order valence-corrected chi connectivity index (χ1v) is 7.55. The number of benzene rings is 1. The van der Waals surface area contributed by atoms with Gasteiger partial charge in [-0.15, -0.1) is 0 Å². The van der Waals surface area contributed by atoms with Crippen molar-refractivity contribution in [2.24, 2.45) is 11.3 Å². The molecule has 0 saturated heterocycles. The van der Waals surface area contributed by atoms with Gasteiger partial charge in [-0.25, -0.2) is 0 Å². The number of hydrogen-bond acceptors (Lipinski definition) is 1. The van der Waals surface area contributed by atoms with Gasteiger partial charge in [0.2, 0.25) is 0 Å². The molecule has 0 aliphatic carbocycles. The molecule has 1 rings (SSSR count). The van der Waals surface area contributed by atoms with Crippen molar-refractivity contribution in [3.63, 3.8) is 0 Å². The van der Waals surface area contributed by atoms with Crippen molar-refractivity contribution in [3.05, 3.63) is 33.8 Å². The molecule has 2 unspecified atom stereocenters. The highest BCUT2D eigenvalue weighted by Gasteiger charge is 2.18. The van der Waals surface area contributed by atoms with Crippen LogP contribution in [0.2, 0.25) is 10.0 Å². The zero-order valence-electron chi connectivity index (χ0n) is 12.2. The minimum absolute atomic E-state index is 0.308. The van der Waals surface area contributed by atoms with Crippen LogP contribution >= 0.6 is 23.2 Å². The number of aliphatic hydroxyl groups excluding tert-OH is 1. The first-order chi connectivity index (χ1) is 8.67. The molecule has 1 aromatic rings. The zero-order valence-corrected chi connectivity index (χ0v) is 13.7. The van der Waals surface area contributed by atoms with Gasteiger partial charge in [-0.05, 0) is 48.3 Å². The molecule has 0 saturated carbocycles. The molecule has 0 fully saturated rings. The van der Waals surface area contributed by atoms with Crippen molar-refractivity contribution in [3.8, 4) is 0 Å². The summed E-state index contributed by atoms with van der Waals surface area (Å²) in [5.74, 6) is 0.512. The molecule has 0 aromatic heterocycles. The van der Waals surface area contributed by atoms with Gasteiger partial charge in [0.25, 0.3) is 0 Å². The fourth-order valence-electron chi connectivity index (χ4n) is 2.62.